The Kier molecular flexibility index (Phi) is 3.21. The number of aromatic carboxylic acids is 1. The average Bonchev–Trinajstić information content (AvgIpc) is 2.70. The van der Waals surface area contributed by atoms with Crippen LogP contribution in [0.1, 0.15) is 9.67 Å². The van der Waals surface area contributed by atoms with Crippen LogP contribution in [0.4, 0.5) is 0 Å². The number of nitrogens with zero attached hydrogens (tertiary/aromatic N) is 1. The van der Waals surface area contributed by atoms with Crippen molar-refractivity contribution >= 4 is 33.2 Å². The fourth-order valence-electron chi connectivity index (χ4n) is 1.03. The number of hydrogen-bond acceptors (Lipinski definition) is 4. The van der Waals surface area contributed by atoms with Gasteiger partial charge in [0.15, 0.2) is 0 Å². The molecule has 2 heterocycles. The van der Waals surface area contributed by atoms with Gasteiger partial charge < -0.3 is 9.84 Å². The molecule has 0 saturated carbocycles. The van der Waals surface area contributed by atoms with Gasteiger partial charge in [-0.1, -0.05) is 0 Å². The highest BCUT2D eigenvalue weighted by atomic mass is 79.9. The molecule has 0 unspecified atom stereocenters. The van der Waals surface area contributed by atoms with Crippen LogP contribution in [0.25, 0.3) is 0 Å². The number of carbonyl (C=O) groups is 1. The van der Waals surface area contributed by atoms with Gasteiger partial charge >= 0.3 is 5.97 Å². The Hall–Kier alpha value is -1.40. The molecular weight excluding hydrogens is 294 g/mol. The zero-order valence-corrected chi connectivity index (χ0v) is 10.3. The lowest BCUT2D eigenvalue weighted by atomic mass is 10.4. The van der Waals surface area contributed by atoms with E-state index in [4.69, 9.17) is 9.84 Å². The topological polar surface area (TPSA) is 59.4 Å². The molecule has 2 aromatic rings. The second-order valence-corrected chi connectivity index (χ2v) is 4.70. The largest absolute Gasteiger partial charge is 0.477 e. The van der Waals surface area contributed by atoms with Gasteiger partial charge in [0.05, 0.1) is 0 Å². The third-order valence-electron chi connectivity index (χ3n) is 1.71. The van der Waals surface area contributed by atoms with Crippen LogP contribution >= 0.6 is 27.3 Å². The van der Waals surface area contributed by atoms with Gasteiger partial charge in [-0.25, -0.2) is 9.78 Å². The van der Waals surface area contributed by atoms with Gasteiger partial charge in [0, 0.05) is 28.2 Å². The normalized spacial score (nSPS) is 10.1. The summed E-state index contributed by atoms with van der Waals surface area (Å²) in [5.74, 6) is -0.0428. The van der Waals surface area contributed by atoms with Crippen molar-refractivity contribution in [3.05, 3.63) is 39.1 Å². The van der Waals surface area contributed by atoms with Gasteiger partial charge in [0.25, 0.3) is 0 Å². The van der Waals surface area contributed by atoms with E-state index in [1.54, 1.807) is 23.7 Å². The maximum Gasteiger partial charge on any atom is 0.346 e. The molecule has 2 aromatic heterocycles. The molecule has 0 bridgehead atoms. The van der Waals surface area contributed by atoms with E-state index >= 15 is 0 Å². The molecule has 0 spiro atoms. The van der Waals surface area contributed by atoms with Gasteiger partial charge in [-0.15, -0.1) is 11.3 Å². The molecule has 0 aromatic carbocycles. The van der Waals surface area contributed by atoms with Crippen molar-refractivity contribution in [2.45, 2.75) is 0 Å². The van der Waals surface area contributed by atoms with E-state index in [1.807, 2.05) is 0 Å². The zero-order chi connectivity index (χ0) is 11.5. The Balaban J connectivity index is 2.14. The molecule has 0 atom stereocenters. The fraction of sp³-hybridized carbons (Fsp3) is 0. The lowest BCUT2D eigenvalue weighted by molar-refractivity contribution is 0.0702. The SMILES string of the molecule is O=C(O)c1cc(Oc2ccc(Br)cn2)cs1. The van der Waals surface area contributed by atoms with E-state index in [0.717, 1.165) is 15.8 Å². The standard InChI is InChI=1S/C10H6BrNO3S/c11-6-1-2-9(12-4-6)15-7-3-8(10(13)14)16-5-7/h1-5H,(H,13,14). The molecule has 4 nitrogen and oxygen atoms in total. The molecule has 1 N–H and O–H groups in total. The summed E-state index contributed by atoms with van der Waals surface area (Å²) in [7, 11) is 0. The smallest absolute Gasteiger partial charge is 0.346 e. The minimum Gasteiger partial charge on any atom is -0.477 e. The summed E-state index contributed by atoms with van der Waals surface area (Å²) in [6, 6.07) is 4.96. The van der Waals surface area contributed by atoms with Crippen LogP contribution in [0.3, 0.4) is 0 Å². The van der Waals surface area contributed by atoms with Crippen molar-refractivity contribution in [1.29, 1.82) is 0 Å². The number of aromatic nitrogens is 1. The van der Waals surface area contributed by atoms with Crippen LogP contribution in [-0.4, -0.2) is 16.1 Å². The Morgan fingerprint density at radius 1 is 1.50 bits per heavy atom. The lowest BCUT2D eigenvalue weighted by Crippen LogP contribution is -1.90. The van der Waals surface area contributed by atoms with Crippen molar-refractivity contribution in [2.75, 3.05) is 0 Å². The maximum atomic E-state index is 10.6. The summed E-state index contributed by atoms with van der Waals surface area (Å²) in [6.07, 6.45) is 1.61. The molecule has 82 valence electrons. The van der Waals surface area contributed by atoms with Crippen LogP contribution in [0.2, 0.25) is 0 Å². The Morgan fingerprint density at radius 3 is 2.88 bits per heavy atom. The Bertz CT molecular complexity index is 509. The number of pyridine rings is 1. The fourth-order valence-corrected chi connectivity index (χ4v) is 1.91. The molecule has 0 fully saturated rings. The number of ether oxygens (including phenoxy) is 1. The van der Waals surface area contributed by atoms with E-state index in [2.05, 4.69) is 20.9 Å². The lowest BCUT2D eigenvalue weighted by Gasteiger charge is -2.00. The molecule has 16 heavy (non-hydrogen) atoms. The number of rotatable bonds is 3. The first kappa shape index (κ1) is 11.1. The van der Waals surface area contributed by atoms with Gasteiger partial charge in [0.2, 0.25) is 5.88 Å². The Morgan fingerprint density at radius 2 is 2.31 bits per heavy atom. The second kappa shape index (κ2) is 4.63. The van der Waals surface area contributed by atoms with E-state index in [-0.39, 0.29) is 4.88 Å². The molecule has 0 aliphatic rings. The third-order valence-corrected chi connectivity index (χ3v) is 3.07. The summed E-state index contributed by atoms with van der Waals surface area (Å²) in [5.41, 5.74) is 0. The number of carboxylic acids is 1. The molecule has 6 heteroatoms. The molecular formula is C10H6BrNO3S. The van der Waals surface area contributed by atoms with Crippen LogP contribution in [0.15, 0.2) is 34.2 Å². The molecule has 2 rings (SSSR count). The molecule has 0 aliphatic heterocycles. The van der Waals surface area contributed by atoms with Gasteiger partial charge in [-0.3, -0.25) is 0 Å². The second-order valence-electron chi connectivity index (χ2n) is 2.87. The minimum absolute atomic E-state index is 0.243. The predicted molar refractivity (Wildman–Crippen MR) is 63.3 cm³/mol. The number of thiophene rings is 1. The highest BCUT2D eigenvalue weighted by Gasteiger charge is 2.08. The predicted octanol–water partition coefficient (Wildman–Crippen LogP) is 3.40. The van der Waals surface area contributed by atoms with Crippen molar-refractivity contribution in [2.24, 2.45) is 0 Å². The van der Waals surface area contributed by atoms with Gasteiger partial charge in [-0.2, -0.15) is 0 Å². The first-order valence-electron chi connectivity index (χ1n) is 4.26. The average molecular weight is 300 g/mol. The Labute approximate surface area is 104 Å². The number of carboxylic acid groups (broad SMARTS) is 1. The summed E-state index contributed by atoms with van der Waals surface area (Å²) >= 11 is 4.38. The molecule has 0 saturated heterocycles. The monoisotopic (exact) mass is 299 g/mol. The van der Waals surface area contributed by atoms with E-state index in [1.165, 1.54) is 6.07 Å². The summed E-state index contributed by atoms with van der Waals surface area (Å²) in [6.45, 7) is 0. The van der Waals surface area contributed by atoms with E-state index in [9.17, 15) is 4.79 Å². The highest BCUT2D eigenvalue weighted by molar-refractivity contribution is 9.10. The van der Waals surface area contributed by atoms with Crippen LogP contribution in [0.5, 0.6) is 11.6 Å². The van der Waals surface area contributed by atoms with Crippen molar-refractivity contribution < 1.29 is 14.6 Å². The third kappa shape index (κ3) is 2.59. The van der Waals surface area contributed by atoms with Crippen molar-refractivity contribution in [1.82, 2.24) is 4.98 Å². The molecule has 0 aliphatic carbocycles. The first-order chi connectivity index (χ1) is 7.65. The molecule has 0 radical (unpaired) electrons. The van der Waals surface area contributed by atoms with Crippen LogP contribution < -0.4 is 4.74 Å². The maximum absolute atomic E-state index is 10.6. The van der Waals surface area contributed by atoms with E-state index in [0.29, 0.717) is 11.6 Å². The number of halogens is 1. The van der Waals surface area contributed by atoms with Crippen molar-refractivity contribution in [3.8, 4) is 11.6 Å². The highest BCUT2D eigenvalue weighted by Crippen LogP contribution is 2.26. The summed E-state index contributed by atoms with van der Waals surface area (Å²) < 4.78 is 6.24. The number of hydrogen-bond donors (Lipinski definition) is 1. The quantitative estimate of drug-likeness (QED) is 0.944. The summed E-state index contributed by atoms with van der Waals surface area (Å²) in [4.78, 5) is 14.9. The van der Waals surface area contributed by atoms with Crippen LogP contribution in [-0.2, 0) is 0 Å². The van der Waals surface area contributed by atoms with Gasteiger partial charge in [-0.05, 0) is 22.0 Å². The van der Waals surface area contributed by atoms with E-state index < -0.39 is 5.97 Å². The minimum atomic E-state index is -0.955. The zero-order valence-electron chi connectivity index (χ0n) is 7.88. The first-order valence-corrected chi connectivity index (χ1v) is 5.93. The molecule has 0 amide bonds. The van der Waals surface area contributed by atoms with Crippen molar-refractivity contribution in [3.63, 3.8) is 0 Å². The van der Waals surface area contributed by atoms with Gasteiger partial charge in [0.1, 0.15) is 10.6 Å². The summed E-state index contributed by atoms with van der Waals surface area (Å²) in [5, 5.41) is 10.4. The van der Waals surface area contributed by atoms with Crippen LogP contribution in [0, 0.1) is 0 Å².